The molecular formula is C21H18FNO. The monoisotopic (exact) mass is 319 g/mol. The minimum absolute atomic E-state index is 0.0411. The van der Waals surface area contributed by atoms with Gasteiger partial charge in [-0.1, -0.05) is 35.9 Å². The number of aliphatic hydroxyl groups is 1. The van der Waals surface area contributed by atoms with Crippen molar-refractivity contribution in [3.63, 3.8) is 0 Å². The van der Waals surface area contributed by atoms with Gasteiger partial charge in [0, 0.05) is 18.3 Å². The molecule has 0 radical (unpaired) electrons. The summed E-state index contributed by atoms with van der Waals surface area (Å²) in [5.41, 5.74) is 3.96. The number of nitrogens with zero attached hydrogens (tertiary/aromatic N) is 1. The summed E-state index contributed by atoms with van der Waals surface area (Å²) in [6.07, 6.45) is 3.95. The van der Waals surface area contributed by atoms with Crippen molar-refractivity contribution in [3.8, 4) is 0 Å². The Morgan fingerprint density at radius 2 is 1.75 bits per heavy atom. The molecule has 3 aromatic rings. The molecule has 2 nitrogen and oxygen atoms in total. The van der Waals surface area contributed by atoms with E-state index >= 15 is 0 Å². The minimum atomic E-state index is -1.05. The Morgan fingerprint density at radius 3 is 2.46 bits per heavy atom. The van der Waals surface area contributed by atoms with Crippen LogP contribution in [0.1, 0.15) is 40.2 Å². The summed E-state index contributed by atoms with van der Waals surface area (Å²) in [7, 11) is 0. The van der Waals surface area contributed by atoms with Gasteiger partial charge in [0.05, 0.1) is 0 Å². The standard InChI is InChI=1S/C21H18FNO/c1-14-2-7-18-19(15-3-5-17(22)6-4-15)13-21(24,20(18)12-14)16-8-10-23-11-9-16/h2-12,19,24H,13H2,1H3. The van der Waals surface area contributed by atoms with Crippen LogP contribution in [0.25, 0.3) is 0 Å². The van der Waals surface area contributed by atoms with Crippen molar-refractivity contribution in [2.24, 2.45) is 0 Å². The van der Waals surface area contributed by atoms with Crippen LogP contribution in [0.4, 0.5) is 4.39 Å². The molecule has 2 atom stereocenters. The lowest BCUT2D eigenvalue weighted by Gasteiger charge is -2.25. The molecule has 0 amide bonds. The van der Waals surface area contributed by atoms with Crippen molar-refractivity contribution in [2.75, 3.05) is 0 Å². The topological polar surface area (TPSA) is 33.1 Å². The SMILES string of the molecule is Cc1ccc2c(c1)C(O)(c1ccncc1)CC2c1ccc(F)cc1. The molecule has 1 aromatic heterocycles. The molecule has 4 rings (SSSR count). The lowest BCUT2D eigenvalue weighted by atomic mass is 9.87. The van der Waals surface area contributed by atoms with Crippen LogP contribution in [0.5, 0.6) is 0 Å². The number of fused-ring (bicyclic) bond motifs is 1. The van der Waals surface area contributed by atoms with E-state index in [0.29, 0.717) is 6.42 Å². The Balaban J connectivity index is 1.88. The van der Waals surface area contributed by atoms with E-state index in [1.807, 2.05) is 31.2 Å². The van der Waals surface area contributed by atoms with E-state index in [1.54, 1.807) is 12.4 Å². The molecular weight excluding hydrogens is 301 g/mol. The van der Waals surface area contributed by atoms with Crippen LogP contribution in [-0.4, -0.2) is 10.1 Å². The van der Waals surface area contributed by atoms with Gasteiger partial charge in [-0.2, -0.15) is 0 Å². The average molecular weight is 319 g/mol. The van der Waals surface area contributed by atoms with E-state index in [-0.39, 0.29) is 11.7 Å². The van der Waals surface area contributed by atoms with Gasteiger partial charge in [-0.3, -0.25) is 4.98 Å². The highest BCUT2D eigenvalue weighted by molar-refractivity contribution is 5.52. The molecule has 2 unspecified atom stereocenters. The van der Waals surface area contributed by atoms with E-state index in [4.69, 9.17) is 0 Å². The lowest BCUT2D eigenvalue weighted by molar-refractivity contribution is 0.0796. The lowest BCUT2D eigenvalue weighted by Crippen LogP contribution is -2.24. The summed E-state index contributed by atoms with van der Waals surface area (Å²) in [6, 6.07) is 16.5. The Labute approximate surface area is 140 Å². The second kappa shape index (κ2) is 5.53. The van der Waals surface area contributed by atoms with Crippen LogP contribution in [0, 0.1) is 12.7 Å². The van der Waals surface area contributed by atoms with Gasteiger partial charge in [0.2, 0.25) is 0 Å². The van der Waals surface area contributed by atoms with Crippen LogP contribution in [0.2, 0.25) is 0 Å². The van der Waals surface area contributed by atoms with Gasteiger partial charge >= 0.3 is 0 Å². The largest absolute Gasteiger partial charge is 0.380 e. The first kappa shape index (κ1) is 15.0. The first-order chi connectivity index (χ1) is 11.6. The first-order valence-corrected chi connectivity index (χ1v) is 8.07. The summed E-state index contributed by atoms with van der Waals surface area (Å²) >= 11 is 0. The molecule has 0 bridgehead atoms. The van der Waals surface area contributed by atoms with Crippen LogP contribution >= 0.6 is 0 Å². The van der Waals surface area contributed by atoms with Gasteiger partial charge in [-0.15, -0.1) is 0 Å². The Hall–Kier alpha value is -2.52. The van der Waals surface area contributed by atoms with Crippen molar-refractivity contribution in [3.05, 3.63) is 101 Å². The molecule has 0 saturated heterocycles. The molecule has 3 heteroatoms. The molecule has 0 spiro atoms. The van der Waals surface area contributed by atoms with Crippen LogP contribution in [0.3, 0.4) is 0 Å². The number of benzene rings is 2. The van der Waals surface area contributed by atoms with Crippen molar-refractivity contribution < 1.29 is 9.50 Å². The molecule has 1 heterocycles. The smallest absolute Gasteiger partial charge is 0.123 e. The zero-order chi connectivity index (χ0) is 16.7. The van der Waals surface area contributed by atoms with Gasteiger partial charge in [0.25, 0.3) is 0 Å². The molecule has 0 saturated carbocycles. The zero-order valence-electron chi connectivity index (χ0n) is 13.4. The molecule has 1 N–H and O–H groups in total. The third kappa shape index (κ3) is 2.33. The normalized spacial score (nSPS) is 22.4. The molecule has 1 aliphatic rings. The van der Waals surface area contributed by atoms with Crippen molar-refractivity contribution in [2.45, 2.75) is 24.9 Å². The van der Waals surface area contributed by atoms with Crippen molar-refractivity contribution in [1.82, 2.24) is 4.98 Å². The van der Waals surface area contributed by atoms with E-state index in [9.17, 15) is 9.50 Å². The highest BCUT2D eigenvalue weighted by Crippen LogP contribution is 2.50. The molecule has 0 fully saturated rings. The predicted octanol–water partition coefficient (Wildman–Crippen LogP) is 4.30. The number of aryl methyl sites for hydroxylation is 1. The summed E-state index contributed by atoms with van der Waals surface area (Å²) in [6.45, 7) is 2.03. The van der Waals surface area contributed by atoms with Gasteiger partial charge in [0.1, 0.15) is 11.4 Å². The van der Waals surface area contributed by atoms with Gasteiger partial charge in [0.15, 0.2) is 0 Å². The second-order valence-electron chi connectivity index (χ2n) is 6.50. The average Bonchev–Trinajstić information content (AvgIpc) is 2.90. The highest BCUT2D eigenvalue weighted by Gasteiger charge is 2.44. The van der Waals surface area contributed by atoms with E-state index < -0.39 is 5.60 Å². The number of hydrogen-bond donors (Lipinski definition) is 1. The third-order valence-electron chi connectivity index (χ3n) is 4.96. The second-order valence-corrected chi connectivity index (χ2v) is 6.50. The molecule has 120 valence electrons. The quantitative estimate of drug-likeness (QED) is 0.764. The van der Waals surface area contributed by atoms with Crippen LogP contribution < -0.4 is 0 Å². The van der Waals surface area contributed by atoms with Crippen LogP contribution in [-0.2, 0) is 5.60 Å². The summed E-state index contributed by atoms with van der Waals surface area (Å²) < 4.78 is 13.3. The summed E-state index contributed by atoms with van der Waals surface area (Å²) in [4.78, 5) is 4.06. The fraction of sp³-hybridized carbons (Fsp3) is 0.190. The molecule has 1 aliphatic carbocycles. The third-order valence-corrected chi connectivity index (χ3v) is 4.96. The first-order valence-electron chi connectivity index (χ1n) is 8.07. The van der Waals surface area contributed by atoms with E-state index in [0.717, 1.165) is 27.8 Å². The Kier molecular flexibility index (Phi) is 3.47. The number of halogens is 1. The zero-order valence-corrected chi connectivity index (χ0v) is 13.4. The van der Waals surface area contributed by atoms with Crippen molar-refractivity contribution in [1.29, 1.82) is 0 Å². The summed E-state index contributed by atoms with van der Waals surface area (Å²) in [5.74, 6) is -0.204. The maximum atomic E-state index is 13.3. The fourth-order valence-electron chi connectivity index (χ4n) is 3.74. The van der Waals surface area contributed by atoms with E-state index in [1.165, 1.54) is 12.1 Å². The number of aromatic nitrogens is 1. The maximum absolute atomic E-state index is 13.3. The van der Waals surface area contributed by atoms with Gasteiger partial charge < -0.3 is 5.11 Å². The maximum Gasteiger partial charge on any atom is 0.123 e. The number of rotatable bonds is 2. The van der Waals surface area contributed by atoms with Gasteiger partial charge in [-0.25, -0.2) is 4.39 Å². The molecule has 0 aliphatic heterocycles. The Morgan fingerprint density at radius 1 is 1.04 bits per heavy atom. The fourth-order valence-corrected chi connectivity index (χ4v) is 3.74. The number of pyridine rings is 1. The highest BCUT2D eigenvalue weighted by atomic mass is 19.1. The number of hydrogen-bond acceptors (Lipinski definition) is 2. The van der Waals surface area contributed by atoms with Crippen LogP contribution in [0.15, 0.2) is 67.0 Å². The predicted molar refractivity (Wildman–Crippen MR) is 91.3 cm³/mol. The molecule has 2 aromatic carbocycles. The van der Waals surface area contributed by atoms with E-state index in [2.05, 4.69) is 23.2 Å². The Bertz CT molecular complexity index is 876. The molecule has 24 heavy (non-hydrogen) atoms. The minimum Gasteiger partial charge on any atom is -0.380 e. The van der Waals surface area contributed by atoms with Crippen molar-refractivity contribution >= 4 is 0 Å². The van der Waals surface area contributed by atoms with Gasteiger partial charge in [-0.05, 0) is 59.9 Å². The summed E-state index contributed by atoms with van der Waals surface area (Å²) in [5, 5.41) is 11.5.